The third-order valence-electron chi connectivity index (χ3n) is 3.68. The summed E-state index contributed by atoms with van der Waals surface area (Å²) in [5, 5.41) is 3.52. The average molecular weight is 241 g/mol. The second kappa shape index (κ2) is 4.91. The molecule has 2 aromatic carbocycles. The van der Waals surface area contributed by atoms with Crippen molar-refractivity contribution in [3.63, 3.8) is 0 Å². The van der Waals surface area contributed by atoms with E-state index in [4.69, 9.17) is 0 Å². The van der Waals surface area contributed by atoms with Crippen molar-refractivity contribution in [2.75, 3.05) is 6.54 Å². The molecule has 2 unspecified atom stereocenters. The van der Waals surface area contributed by atoms with Crippen molar-refractivity contribution >= 4 is 0 Å². The van der Waals surface area contributed by atoms with Gasteiger partial charge in [-0.2, -0.15) is 0 Å². The van der Waals surface area contributed by atoms with E-state index >= 15 is 0 Å². The zero-order chi connectivity index (χ0) is 12.4. The molecule has 0 radical (unpaired) electrons. The second-order valence-electron chi connectivity index (χ2n) is 4.79. The highest BCUT2D eigenvalue weighted by Gasteiger charge is 2.29. The first-order valence-corrected chi connectivity index (χ1v) is 6.38. The van der Waals surface area contributed by atoms with Gasteiger partial charge < -0.3 is 5.32 Å². The minimum Gasteiger partial charge on any atom is -0.309 e. The van der Waals surface area contributed by atoms with Crippen LogP contribution in [0.25, 0.3) is 0 Å². The Bertz CT molecular complexity index is 506. The molecule has 2 atom stereocenters. The van der Waals surface area contributed by atoms with Crippen LogP contribution < -0.4 is 5.32 Å². The van der Waals surface area contributed by atoms with Crippen molar-refractivity contribution in [1.29, 1.82) is 0 Å². The molecule has 1 N–H and O–H groups in total. The van der Waals surface area contributed by atoms with E-state index in [0.717, 1.165) is 13.0 Å². The topological polar surface area (TPSA) is 12.0 Å². The molecule has 0 aliphatic carbocycles. The van der Waals surface area contributed by atoms with Gasteiger partial charge in [-0.1, -0.05) is 42.5 Å². The number of nitrogens with one attached hydrogen (secondary N) is 1. The molecular formula is C16H16FN. The number of benzene rings is 2. The summed E-state index contributed by atoms with van der Waals surface area (Å²) in [6.45, 7) is 1.02. The smallest absolute Gasteiger partial charge is 0.123 e. The highest BCUT2D eigenvalue weighted by molar-refractivity contribution is 5.29. The van der Waals surface area contributed by atoms with E-state index in [1.54, 1.807) is 0 Å². The number of halogens is 1. The Hall–Kier alpha value is -1.67. The van der Waals surface area contributed by atoms with E-state index in [2.05, 4.69) is 29.6 Å². The van der Waals surface area contributed by atoms with Gasteiger partial charge in [0.1, 0.15) is 5.82 Å². The van der Waals surface area contributed by atoms with Gasteiger partial charge in [0.15, 0.2) is 0 Å². The van der Waals surface area contributed by atoms with Crippen LogP contribution in [0.5, 0.6) is 0 Å². The van der Waals surface area contributed by atoms with E-state index in [0.29, 0.717) is 12.0 Å². The number of hydrogen-bond donors (Lipinski definition) is 1. The second-order valence-corrected chi connectivity index (χ2v) is 4.79. The third kappa shape index (κ3) is 2.16. The zero-order valence-electron chi connectivity index (χ0n) is 10.1. The molecule has 2 aromatic rings. The summed E-state index contributed by atoms with van der Waals surface area (Å²) in [6.07, 6.45) is 1.13. The summed E-state index contributed by atoms with van der Waals surface area (Å²) < 4.78 is 13.0. The largest absolute Gasteiger partial charge is 0.309 e. The van der Waals surface area contributed by atoms with Crippen molar-refractivity contribution in [3.8, 4) is 0 Å². The first kappa shape index (κ1) is 11.4. The molecule has 1 aliphatic rings. The van der Waals surface area contributed by atoms with Crippen LogP contribution in [0.4, 0.5) is 4.39 Å². The van der Waals surface area contributed by atoms with Gasteiger partial charge in [-0.15, -0.1) is 0 Å². The Morgan fingerprint density at radius 2 is 1.61 bits per heavy atom. The van der Waals surface area contributed by atoms with Gasteiger partial charge in [0.25, 0.3) is 0 Å². The molecule has 0 saturated carbocycles. The number of rotatable bonds is 2. The van der Waals surface area contributed by atoms with Crippen molar-refractivity contribution in [2.24, 2.45) is 0 Å². The Balaban J connectivity index is 1.90. The molecule has 1 fully saturated rings. The van der Waals surface area contributed by atoms with Crippen LogP contribution >= 0.6 is 0 Å². The molecule has 0 amide bonds. The molecule has 0 aromatic heterocycles. The first-order valence-electron chi connectivity index (χ1n) is 6.38. The minimum atomic E-state index is -0.173. The van der Waals surface area contributed by atoms with E-state index in [-0.39, 0.29) is 5.82 Å². The van der Waals surface area contributed by atoms with E-state index in [1.165, 1.54) is 23.3 Å². The van der Waals surface area contributed by atoms with Gasteiger partial charge in [0.05, 0.1) is 0 Å². The predicted molar refractivity (Wildman–Crippen MR) is 70.9 cm³/mol. The predicted octanol–water partition coefficient (Wildman–Crippen LogP) is 3.64. The first-order chi connectivity index (χ1) is 8.84. The maximum Gasteiger partial charge on any atom is 0.123 e. The maximum atomic E-state index is 13.0. The Morgan fingerprint density at radius 3 is 2.33 bits per heavy atom. The summed E-state index contributed by atoms with van der Waals surface area (Å²) >= 11 is 0. The monoisotopic (exact) mass is 241 g/mol. The normalized spacial score (nSPS) is 23.2. The molecule has 92 valence electrons. The summed E-state index contributed by atoms with van der Waals surface area (Å²) in [7, 11) is 0. The summed E-state index contributed by atoms with van der Waals surface area (Å²) in [5.74, 6) is 0.310. The van der Waals surface area contributed by atoms with E-state index < -0.39 is 0 Å². The highest BCUT2D eigenvalue weighted by Crippen LogP contribution is 2.37. The lowest BCUT2D eigenvalue weighted by molar-refractivity contribution is 0.573. The molecule has 1 aliphatic heterocycles. The van der Waals surface area contributed by atoms with Crippen molar-refractivity contribution in [3.05, 3.63) is 71.5 Å². The Labute approximate surface area is 107 Å². The summed E-state index contributed by atoms with van der Waals surface area (Å²) in [4.78, 5) is 0. The van der Waals surface area contributed by atoms with Crippen LogP contribution in [0.2, 0.25) is 0 Å². The van der Waals surface area contributed by atoms with Crippen LogP contribution in [0, 0.1) is 5.82 Å². The third-order valence-corrected chi connectivity index (χ3v) is 3.68. The van der Waals surface area contributed by atoms with Crippen LogP contribution in [0.3, 0.4) is 0 Å². The zero-order valence-corrected chi connectivity index (χ0v) is 10.1. The van der Waals surface area contributed by atoms with Crippen LogP contribution in [-0.4, -0.2) is 6.54 Å². The van der Waals surface area contributed by atoms with Gasteiger partial charge in [-0.3, -0.25) is 0 Å². The van der Waals surface area contributed by atoms with Crippen LogP contribution in [-0.2, 0) is 0 Å². The highest BCUT2D eigenvalue weighted by atomic mass is 19.1. The van der Waals surface area contributed by atoms with Gasteiger partial charge >= 0.3 is 0 Å². The van der Waals surface area contributed by atoms with Gasteiger partial charge in [0, 0.05) is 12.0 Å². The fourth-order valence-electron chi connectivity index (χ4n) is 2.78. The molecule has 2 heteroatoms. The Kier molecular flexibility index (Phi) is 3.11. The minimum absolute atomic E-state index is 0.173. The van der Waals surface area contributed by atoms with Gasteiger partial charge in [-0.05, 0) is 36.2 Å². The van der Waals surface area contributed by atoms with Gasteiger partial charge in [0.2, 0.25) is 0 Å². The molecule has 1 heterocycles. The lowest BCUT2D eigenvalue weighted by Crippen LogP contribution is -2.16. The summed E-state index contributed by atoms with van der Waals surface area (Å²) in [5.41, 5.74) is 2.53. The molecule has 18 heavy (non-hydrogen) atoms. The van der Waals surface area contributed by atoms with Crippen molar-refractivity contribution < 1.29 is 4.39 Å². The lowest BCUT2D eigenvalue weighted by atomic mass is 9.88. The van der Waals surface area contributed by atoms with Crippen molar-refractivity contribution in [1.82, 2.24) is 5.32 Å². The van der Waals surface area contributed by atoms with E-state index in [1.807, 2.05) is 18.2 Å². The van der Waals surface area contributed by atoms with Crippen LogP contribution in [0.1, 0.15) is 29.5 Å². The lowest BCUT2D eigenvalue weighted by Gasteiger charge is -2.20. The van der Waals surface area contributed by atoms with E-state index in [9.17, 15) is 4.39 Å². The average Bonchev–Trinajstić information content (AvgIpc) is 2.90. The molecule has 1 saturated heterocycles. The molecule has 0 spiro atoms. The fourth-order valence-corrected chi connectivity index (χ4v) is 2.78. The molecular weight excluding hydrogens is 225 g/mol. The maximum absolute atomic E-state index is 13.0. The quantitative estimate of drug-likeness (QED) is 0.846. The molecule has 3 rings (SSSR count). The van der Waals surface area contributed by atoms with Crippen molar-refractivity contribution in [2.45, 2.75) is 18.4 Å². The molecule has 0 bridgehead atoms. The summed E-state index contributed by atoms with van der Waals surface area (Å²) in [6, 6.07) is 17.7. The SMILES string of the molecule is Fc1ccc(C2NCCC2c2ccccc2)cc1. The standard InChI is InChI=1S/C16H16FN/c17-14-8-6-13(7-9-14)16-15(10-11-18-16)12-4-2-1-3-5-12/h1-9,15-16,18H,10-11H2. The molecule has 1 nitrogen and oxygen atoms in total. The fraction of sp³-hybridized carbons (Fsp3) is 0.250. The Morgan fingerprint density at radius 1 is 0.889 bits per heavy atom. The van der Waals surface area contributed by atoms with Crippen LogP contribution in [0.15, 0.2) is 54.6 Å². The van der Waals surface area contributed by atoms with Gasteiger partial charge in [-0.25, -0.2) is 4.39 Å². The number of hydrogen-bond acceptors (Lipinski definition) is 1.